The summed E-state index contributed by atoms with van der Waals surface area (Å²) < 4.78 is 2.05. The van der Waals surface area contributed by atoms with E-state index in [2.05, 4.69) is 59.1 Å². The predicted octanol–water partition coefficient (Wildman–Crippen LogP) is 5.65. The minimum absolute atomic E-state index is 0.163. The number of anilines is 5. The van der Waals surface area contributed by atoms with Crippen molar-refractivity contribution in [3.05, 3.63) is 60.4 Å². The molecule has 0 atom stereocenters. The molecule has 220 valence electrons. The van der Waals surface area contributed by atoms with Crippen molar-refractivity contribution in [2.75, 3.05) is 35.4 Å². The molecule has 4 N–H and O–H groups in total. The van der Waals surface area contributed by atoms with E-state index >= 15 is 0 Å². The van der Waals surface area contributed by atoms with Crippen molar-refractivity contribution >= 4 is 51.8 Å². The van der Waals surface area contributed by atoms with Gasteiger partial charge in [-0.15, -0.1) is 0 Å². The Morgan fingerprint density at radius 3 is 2.31 bits per heavy atom. The number of imidazole rings is 1. The average molecular weight is 570 g/mol. The maximum absolute atomic E-state index is 12.9. The van der Waals surface area contributed by atoms with E-state index in [0.29, 0.717) is 46.3 Å². The van der Waals surface area contributed by atoms with Gasteiger partial charge in [0.2, 0.25) is 11.9 Å². The maximum Gasteiger partial charge on any atom is 0.255 e. The lowest BCUT2D eigenvalue weighted by Gasteiger charge is -2.33. The smallest absolute Gasteiger partial charge is 0.255 e. The van der Waals surface area contributed by atoms with Crippen LogP contribution in [0.25, 0.3) is 11.2 Å². The Morgan fingerprint density at radius 2 is 1.64 bits per heavy atom. The molecule has 42 heavy (non-hydrogen) atoms. The molecule has 2 aromatic carbocycles. The van der Waals surface area contributed by atoms with Crippen LogP contribution in [-0.2, 0) is 4.79 Å². The van der Waals surface area contributed by atoms with Crippen LogP contribution in [0.5, 0.6) is 0 Å². The highest BCUT2D eigenvalue weighted by Crippen LogP contribution is 2.29. The van der Waals surface area contributed by atoms with Crippen LogP contribution in [0, 0.1) is 0 Å². The molecule has 0 bridgehead atoms. The summed E-state index contributed by atoms with van der Waals surface area (Å²) in [6.07, 6.45) is 6.21. The van der Waals surface area contributed by atoms with Crippen LogP contribution in [0.15, 0.2) is 54.9 Å². The molecule has 4 aromatic rings. The molecule has 1 saturated carbocycles. The zero-order valence-corrected chi connectivity index (χ0v) is 24.8. The van der Waals surface area contributed by atoms with E-state index < -0.39 is 0 Å². The van der Waals surface area contributed by atoms with Gasteiger partial charge in [0, 0.05) is 47.7 Å². The maximum atomic E-state index is 12.9. The Balaban J connectivity index is 1.34. The van der Waals surface area contributed by atoms with E-state index in [4.69, 9.17) is 9.97 Å². The van der Waals surface area contributed by atoms with Gasteiger partial charge in [0.1, 0.15) is 0 Å². The first-order valence-corrected chi connectivity index (χ1v) is 14.4. The van der Waals surface area contributed by atoms with Crippen LogP contribution in [0.4, 0.5) is 28.8 Å². The van der Waals surface area contributed by atoms with Gasteiger partial charge in [0.25, 0.3) is 5.91 Å². The zero-order chi connectivity index (χ0) is 29.8. The van der Waals surface area contributed by atoms with Gasteiger partial charge in [0.05, 0.1) is 6.33 Å². The number of fused-ring (bicyclic) bond motifs is 1. The van der Waals surface area contributed by atoms with E-state index in [9.17, 15) is 9.59 Å². The number of amides is 2. The molecule has 1 aliphatic rings. The van der Waals surface area contributed by atoms with Gasteiger partial charge in [-0.1, -0.05) is 6.07 Å². The molecule has 2 heterocycles. The van der Waals surface area contributed by atoms with Gasteiger partial charge < -0.3 is 30.7 Å². The number of carbonyl (C=O) groups is 2. The summed E-state index contributed by atoms with van der Waals surface area (Å²) in [6.45, 7) is 5.65. The van der Waals surface area contributed by atoms with E-state index in [-0.39, 0.29) is 17.9 Å². The average Bonchev–Trinajstić information content (AvgIpc) is 3.38. The van der Waals surface area contributed by atoms with Gasteiger partial charge in [-0.25, -0.2) is 4.98 Å². The number of benzene rings is 2. The Hall–Kier alpha value is -4.51. The molecule has 0 unspecified atom stereocenters. The highest BCUT2D eigenvalue weighted by atomic mass is 16.2. The summed E-state index contributed by atoms with van der Waals surface area (Å²) >= 11 is 0. The second kappa shape index (κ2) is 12.6. The first-order valence-electron chi connectivity index (χ1n) is 14.4. The number of aromatic nitrogens is 4. The van der Waals surface area contributed by atoms with Crippen LogP contribution < -0.4 is 21.3 Å². The quantitative estimate of drug-likeness (QED) is 0.204. The Labute approximate surface area is 246 Å². The third kappa shape index (κ3) is 6.85. The lowest BCUT2D eigenvalue weighted by molar-refractivity contribution is -0.114. The van der Waals surface area contributed by atoms with Crippen LogP contribution in [0.1, 0.15) is 62.9 Å². The molecular formula is C31H39N9O2. The van der Waals surface area contributed by atoms with E-state index in [1.807, 2.05) is 28.8 Å². The van der Waals surface area contributed by atoms with Crippen LogP contribution in [-0.4, -0.2) is 62.4 Å². The molecule has 5 rings (SSSR count). The molecular weight excluding hydrogens is 530 g/mol. The monoisotopic (exact) mass is 569 g/mol. The molecule has 2 amide bonds. The fourth-order valence-corrected chi connectivity index (χ4v) is 5.29. The second-order valence-corrected chi connectivity index (χ2v) is 11.3. The molecule has 0 saturated heterocycles. The summed E-state index contributed by atoms with van der Waals surface area (Å²) in [7, 11) is 4.29. The predicted molar refractivity (Wildman–Crippen MR) is 167 cm³/mol. The first-order chi connectivity index (χ1) is 20.2. The Kier molecular flexibility index (Phi) is 8.67. The number of hydrogen-bond acceptors (Lipinski definition) is 8. The van der Waals surface area contributed by atoms with Crippen molar-refractivity contribution in [2.45, 2.75) is 64.6 Å². The van der Waals surface area contributed by atoms with Crippen LogP contribution in [0.2, 0.25) is 0 Å². The molecule has 1 fully saturated rings. The SMILES string of the molecule is CC(=O)Nc1ccc(C(=O)Nc2cccc(Nc3nc(NC4CCC(N(C)C)CC4)nc4c3ncn4C(C)C)c2)cc1. The third-order valence-corrected chi connectivity index (χ3v) is 7.59. The molecule has 11 nitrogen and oxygen atoms in total. The van der Waals surface area contributed by atoms with Crippen molar-refractivity contribution in [3.8, 4) is 0 Å². The number of nitrogens with zero attached hydrogens (tertiary/aromatic N) is 5. The molecule has 2 aromatic heterocycles. The van der Waals surface area contributed by atoms with Gasteiger partial charge in [-0.2, -0.15) is 9.97 Å². The van der Waals surface area contributed by atoms with Crippen LogP contribution >= 0.6 is 0 Å². The van der Waals surface area contributed by atoms with E-state index in [0.717, 1.165) is 37.0 Å². The normalized spacial score (nSPS) is 16.9. The molecule has 0 radical (unpaired) electrons. The largest absolute Gasteiger partial charge is 0.351 e. The highest BCUT2D eigenvalue weighted by Gasteiger charge is 2.24. The van der Waals surface area contributed by atoms with Crippen LogP contribution in [0.3, 0.4) is 0 Å². The van der Waals surface area contributed by atoms with Crippen molar-refractivity contribution in [1.82, 2.24) is 24.4 Å². The summed E-state index contributed by atoms with van der Waals surface area (Å²) in [5, 5.41) is 12.6. The first kappa shape index (κ1) is 29.0. The van der Waals surface area contributed by atoms with Crippen molar-refractivity contribution in [3.63, 3.8) is 0 Å². The molecule has 0 aliphatic heterocycles. The van der Waals surface area contributed by atoms with E-state index in [1.54, 1.807) is 30.6 Å². The fraction of sp³-hybridized carbons (Fsp3) is 0.387. The molecule has 1 aliphatic carbocycles. The van der Waals surface area contributed by atoms with Gasteiger partial charge in [-0.05, 0) is 96.1 Å². The van der Waals surface area contributed by atoms with Gasteiger partial charge >= 0.3 is 0 Å². The highest BCUT2D eigenvalue weighted by molar-refractivity contribution is 6.05. The van der Waals surface area contributed by atoms with Crippen molar-refractivity contribution < 1.29 is 9.59 Å². The lowest BCUT2D eigenvalue weighted by Crippen LogP contribution is -2.36. The summed E-state index contributed by atoms with van der Waals surface area (Å²) in [4.78, 5) is 40.8. The number of hydrogen-bond donors (Lipinski definition) is 4. The standard InChI is InChI=1S/C31H39N9O2/c1-19(2)40-18-32-27-28(37-31(38-29(27)40)36-23-13-15-26(16-14-23)39(4)5)34-24-7-6-8-25(17-24)35-30(42)21-9-11-22(12-10-21)33-20(3)41/h6-12,17-19,23,26H,13-16H2,1-5H3,(H,33,41)(H,35,42)(H2,34,36,37,38). The number of carbonyl (C=O) groups excluding carboxylic acids is 2. The van der Waals surface area contributed by atoms with Crippen molar-refractivity contribution in [1.29, 1.82) is 0 Å². The topological polar surface area (TPSA) is 129 Å². The lowest BCUT2D eigenvalue weighted by atomic mass is 9.91. The Morgan fingerprint density at radius 1 is 0.929 bits per heavy atom. The fourth-order valence-electron chi connectivity index (χ4n) is 5.29. The van der Waals surface area contributed by atoms with E-state index in [1.165, 1.54) is 6.92 Å². The molecule has 11 heteroatoms. The minimum Gasteiger partial charge on any atom is -0.351 e. The minimum atomic E-state index is -0.253. The summed E-state index contributed by atoms with van der Waals surface area (Å²) in [5.41, 5.74) is 3.94. The van der Waals surface area contributed by atoms with Gasteiger partial charge in [0.15, 0.2) is 17.0 Å². The number of nitrogens with one attached hydrogen (secondary N) is 4. The molecule has 0 spiro atoms. The summed E-state index contributed by atoms with van der Waals surface area (Å²) in [5.74, 6) is 0.759. The third-order valence-electron chi connectivity index (χ3n) is 7.59. The van der Waals surface area contributed by atoms with Gasteiger partial charge in [-0.3, -0.25) is 9.59 Å². The summed E-state index contributed by atoms with van der Waals surface area (Å²) in [6, 6.07) is 15.3. The van der Waals surface area contributed by atoms with Crippen molar-refractivity contribution in [2.24, 2.45) is 0 Å². The second-order valence-electron chi connectivity index (χ2n) is 11.3. The zero-order valence-electron chi connectivity index (χ0n) is 24.8. The Bertz CT molecular complexity index is 1550. The number of rotatable bonds is 9.